The zero-order chi connectivity index (χ0) is 19.5. The van der Waals surface area contributed by atoms with Crippen LogP contribution in [0.15, 0.2) is 42.5 Å². The van der Waals surface area contributed by atoms with E-state index in [0.29, 0.717) is 34.3 Å². The third kappa shape index (κ3) is 7.06. The maximum absolute atomic E-state index is 12.2. The molecular weight excluding hydrogens is 364 g/mol. The van der Waals surface area contributed by atoms with Crippen molar-refractivity contribution in [2.75, 3.05) is 6.61 Å². The van der Waals surface area contributed by atoms with Crippen LogP contribution in [0.4, 0.5) is 0 Å². The zero-order valence-corrected chi connectivity index (χ0v) is 16.3. The molecule has 0 unspecified atom stereocenters. The fourth-order valence-corrected chi connectivity index (χ4v) is 2.82. The molecule has 0 bridgehead atoms. The van der Waals surface area contributed by atoms with Crippen LogP contribution in [0.1, 0.15) is 66.2 Å². The molecule has 0 saturated carbocycles. The highest BCUT2D eigenvalue weighted by Crippen LogP contribution is 2.26. The Labute approximate surface area is 165 Å². The predicted molar refractivity (Wildman–Crippen MR) is 107 cm³/mol. The van der Waals surface area contributed by atoms with Gasteiger partial charge in [0.2, 0.25) is 0 Å². The van der Waals surface area contributed by atoms with Crippen molar-refractivity contribution in [1.29, 1.82) is 0 Å². The van der Waals surface area contributed by atoms with Crippen molar-refractivity contribution >= 4 is 23.9 Å². The molecule has 4 nitrogen and oxygen atoms in total. The Morgan fingerprint density at radius 2 is 1.70 bits per heavy atom. The summed E-state index contributed by atoms with van der Waals surface area (Å²) in [4.78, 5) is 22.9. The molecule has 0 atom stereocenters. The minimum atomic E-state index is -0.516. The lowest BCUT2D eigenvalue weighted by atomic mass is 10.1. The SMILES string of the molecule is CCCCCCCCOc1ccc(C(=O)Oc2ccc(C=O)cc2)cc1Cl. The van der Waals surface area contributed by atoms with Gasteiger partial charge < -0.3 is 9.47 Å². The summed E-state index contributed by atoms with van der Waals surface area (Å²) in [5.74, 6) is 0.417. The quantitative estimate of drug-likeness (QED) is 0.201. The van der Waals surface area contributed by atoms with Crippen molar-refractivity contribution in [3.63, 3.8) is 0 Å². The molecule has 0 amide bonds. The van der Waals surface area contributed by atoms with Crippen LogP contribution in [0.5, 0.6) is 11.5 Å². The number of rotatable bonds is 11. The zero-order valence-electron chi connectivity index (χ0n) is 15.6. The normalized spacial score (nSPS) is 10.4. The number of carbonyl (C=O) groups excluding carboxylic acids is 2. The first-order valence-electron chi connectivity index (χ1n) is 9.34. The Kier molecular flexibility index (Phi) is 8.85. The number of halogens is 1. The van der Waals surface area contributed by atoms with Gasteiger partial charge in [0.1, 0.15) is 17.8 Å². The lowest BCUT2D eigenvalue weighted by Gasteiger charge is -2.10. The molecule has 0 spiro atoms. The lowest BCUT2D eigenvalue weighted by Crippen LogP contribution is -2.08. The molecule has 0 aliphatic carbocycles. The second kappa shape index (κ2) is 11.4. The van der Waals surface area contributed by atoms with Crippen molar-refractivity contribution in [3.05, 3.63) is 58.6 Å². The molecule has 0 radical (unpaired) electrons. The molecule has 0 fully saturated rings. The molecule has 2 aromatic rings. The molecule has 2 aromatic carbocycles. The first-order chi connectivity index (χ1) is 13.1. The fourth-order valence-electron chi connectivity index (χ4n) is 2.59. The Balaban J connectivity index is 1.83. The van der Waals surface area contributed by atoms with Crippen LogP contribution in [0, 0.1) is 0 Å². The number of hydrogen-bond acceptors (Lipinski definition) is 4. The van der Waals surface area contributed by atoms with Crippen LogP contribution < -0.4 is 9.47 Å². The highest BCUT2D eigenvalue weighted by molar-refractivity contribution is 6.32. The minimum absolute atomic E-state index is 0.339. The number of benzene rings is 2. The third-order valence-electron chi connectivity index (χ3n) is 4.15. The molecule has 0 N–H and O–H groups in total. The fraction of sp³-hybridized carbons (Fsp3) is 0.364. The van der Waals surface area contributed by atoms with Gasteiger partial charge in [0.15, 0.2) is 0 Å². The summed E-state index contributed by atoms with van der Waals surface area (Å²) in [7, 11) is 0. The average molecular weight is 389 g/mol. The molecule has 2 rings (SSSR count). The molecule has 0 saturated heterocycles. The van der Waals surface area contributed by atoms with Gasteiger partial charge in [-0.2, -0.15) is 0 Å². The van der Waals surface area contributed by atoms with E-state index < -0.39 is 5.97 Å². The summed E-state index contributed by atoms with van der Waals surface area (Å²) in [5, 5.41) is 0.381. The Bertz CT molecular complexity index is 740. The number of unbranched alkanes of at least 4 members (excludes halogenated alkanes) is 5. The number of hydrogen-bond donors (Lipinski definition) is 0. The van der Waals surface area contributed by atoms with E-state index in [-0.39, 0.29) is 0 Å². The summed E-state index contributed by atoms with van der Waals surface area (Å²) in [6.45, 7) is 2.81. The molecule has 27 heavy (non-hydrogen) atoms. The Morgan fingerprint density at radius 1 is 1.00 bits per heavy atom. The standard InChI is InChI=1S/C22H25ClO4/c1-2-3-4-5-6-7-14-26-21-13-10-18(15-20(21)23)22(25)27-19-11-8-17(16-24)9-12-19/h8-13,15-16H,2-7,14H2,1H3. The summed E-state index contributed by atoms with van der Waals surface area (Å²) in [6, 6.07) is 11.2. The van der Waals surface area contributed by atoms with Gasteiger partial charge in [-0.15, -0.1) is 0 Å². The van der Waals surface area contributed by atoms with Gasteiger partial charge in [-0.05, 0) is 48.9 Å². The smallest absolute Gasteiger partial charge is 0.343 e. The van der Waals surface area contributed by atoms with Crippen molar-refractivity contribution in [2.24, 2.45) is 0 Å². The van der Waals surface area contributed by atoms with E-state index in [1.54, 1.807) is 42.5 Å². The highest BCUT2D eigenvalue weighted by atomic mass is 35.5. The van der Waals surface area contributed by atoms with E-state index in [0.717, 1.165) is 19.1 Å². The molecule has 5 heteroatoms. The minimum Gasteiger partial charge on any atom is -0.492 e. The lowest BCUT2D eigenvalue weighted by molar-refractivity contribution is 0.0734. The molecule has 144 valence electrons. The Hall–Kier alpha value is -2.33. The van der Waals surface area contributed by atoms with Gasteiger partial charge in [0.25, 0.3) is 0 Å². The highest BCUT2D eigenvalue weighted by Gasteiger charge is 2.12. The number of carbonyl (C=O) groups is 2. The second-order valence-electron chi connectivity index (χ2n) is 6.34. The van der Waals surface area contributed by atoms with E-state index in [1.807, 2.05) is 0 Å². The van der Waals surface area contributed by atoms with Gasteiger partial charge in [-0.25, -0.2) is 4.79 Å². The van der Waals surface area contributed by atoms with E-state index >= 15 is 0 Å². The van der Waals surface area contributed by atoms with E-state index in [4.69, 9.17) is 21.1 Å². The number of aldehydes is 1. The summed E-state index contributed by atoms with van der Waals surface area (Å²) in [6.07, 6.45) is 7.88. The second-order valence-corrected chi connectivity index (χ2v) is 6.75. The van der Waals surface area contributed by atoms with Crippen molar-refractivity contribution in [1.82, 2.24) is 0 Å². The summed E-state index contributed by atoms with van der Waals surface area (Å²) < 4.78 is 11.0. The maximum atomic E-state index is 12.2. The van der Waals surface area contributed by atoms with Gasteiger partial charge in [0.05, 0.1) is 17.2 Å². The van der Waals surface area contributed by atoms with Gasteiger partial charge in [0, 0.05) is 5.56 Å². The molecule has 0 aromatic heterocycles. The summed E-state index contributed by atoms with van der Waals surface area (Å²) in [5.41, 5.74) is 0.857. The van der Waals surface area contributed by atoms with Crippen LogP contribution in [0.25, 0.3) is 0 Å². The monoisotopic (exact) mass is 388 g/mol. The van der Waals surface area contributed by atoms with Gasteiger partial charge in [-0.3, -0.25) is 4.79 Å². The van der Waals surface area contributed by atoms with Crippen molar-refractivity contribution in [3.8, 4) is 11.5 Å². The van der Waals surface area contributed by atoms with Crippen LogP contribution >= 0.6 is 11.6 Å². The first kappa shape index (κ1) is 21.0. The largest absolute Gasteiger partial charge is 0.492 e. The predicted octanol–water partition coefficient (Wildman–Crippen LogP) is 6.11. The van der Waals surface area contributed by atoms with Crippen LogP contribution in [-0.4, -0.2) is 18.9 Å². The van der Waals surface area contributed by atoms with Gasteiger partial charge >= 0.3 is 5.97 Å². The molecule has 0 heterocycles. The maximum Gasteiger partial charge on any atom is 0.343 e. The topological polar surface area (TPSA) is 52.6 Å². The number of ether oxygens (including phenoxy) is 2. The van der Waals surface area contributed by atoms with E-state index in [9.17, 15) is 9.59 Å². The molecular formula is C22H25ClO4. The van der Waals surface area contributed by atoms with E-state index in [1.165, 1.54) is 25.7 Å². The first-order valence-corrected chi connectivity index (χ1v) is 9.71. The van der Waals surface area contributed by atoms with Crippen molar-refractivity contribution in [2.45, 2.75) is 45.4 Å². The van der Waals surface area contributed by atoms with E-state index in [2.05, 4.69) is 6.92 Å². The number of esters is 1. The molecule has 0 aliphatic heterocycles. The van der Waals surface area contributed by atoms with Gasteiger partial charge in [-0.1, -0.05) is 50.6 Å². The van der Waals surface area contributed by atoms with Crippen LogP contribution in [-0.2, 0) is 0 Å². The van der Waals surface area contributed by atoms with Crippen LogP contribution in [0.3, 0.4) is 0 Å². The third-order valence-corrected chi connectivity index (χ3v) is 4.45. The Morgan fingerprint density at radius 3 is 2.37 bits per heavy atom. The summed E-state index contributed by atoms with van der Waals surface area (Å²) >= 11 is 6.23. The van der Waals surface area contributed by atoms with Crippen LogP contribution in [0.2, 0.25) is 5.02 Å². The molecule has 0 aliphatic rings. The average Bonchev–Trinajstić information content (AvgIpc) is 2.68. The van der Waals surface area contributed by atoms with Crippen molar-refractivity contribution < 1.29 is 19.1 Å².